The minimum atomic E-state index is -2.28. The van der Waals surface area contributed by atoms with E-state index in [9.17, 15) is 84.3 Å². The maximum absolute atomic E-state index is 14.5. The van der Waals surface area contributed by atoms with Crippen molar-refractivity contribution in [2.45, 2.75) is 204 Å². The molecule has 0 aromatic heterocycles. The Morgan fingerprint density at radius 2 is 1.37 bits per heavy atom. The van der Waals surface area contributed by atoms with Gasteiger partial charge < -0.3 is 82.8 Å². The number of carbonyl (C=O) groups excluding carboxylic acids is 8. The number of hydrogen-bond donors (Lipinski definition) is 14. The van der Waals surface area contributed by atoms with Gasteiger partial charge in [-0.05, 0) is 49.3 Å². The largest absolute Gasteiger partial charge is 0.508 e. The van der Waals surface area contributed by atoms with Gasteiger partial charge >= 0.3 is 0 Å². The van der Waals surface area contributed by atoms with Gasteiger partial charge in [-0.3, -0.25) is 38.4 Å². The number of nitrogens with zero attached hydrogens (tertiary/aromatic N) is 2. The Bertz CT molecular complexity index is 2130. The molecule has 7 amide bonds. The molecule has 1 aromatic rings. The van der Waals surface area contributed by atoms with Crippen LogP contribution in [0.4, 0.5) is 0 Å². The van der Waals surface area contributed by atoms with Gasteiger partial charge in [0.2, 0.25) is 41.4 Å². The third-order valence-corrected chi connectivity index (χ3v) is 15.0. The number of aliphatic hydroxyl groups is 8. The molecule has 3 aliphatic rings. The lowest BCUT2D eigenvalue weighted by molar-refractivity contribution is -0.150. The standard InChI is InChI=1S/C52H83N7O17/c1-6-26(2)19-27(3)13-11-9-7-8-10-12-14-40(67)54-34-22-38(65)49(73)57-50(74)43-44(68)28(4)24-59(43)52(76)42(37(64)23-39(53)66)56-47(71)33(46(70)45(69)30-15-17-31(61)18-16-30)21-36(63)35-20-32(62)25-58(35)51(75)41(29(5)60)55-48(34)72/h15-18,26-29,32-35,37-38,41-46,49,60-62,64-65,68-70,73H,6-14,19-25H2,1-5H3,(H2,53,66)(H,54,67)(H,55,72)(H,56,71)(H,57,74)/t26?,27?,28-,29?,32?,33?,34?,35?,37?,38?,41?,42?,43?,44?,45?,46?,49?/m0/s1. The highest BCUT2D eigenvalue weighted by atomic mass is 16.3. The molecule has 3 aliphatic heterocycles. The van der Waals surface area contributed by atoms with E-state index in [4.69, 9.17) is 5.73 Å². The number of aliphatic hydroxyl groups excluding tert-OH is 8. The van der Waals surface area contributed by atoms with Gasteiger partial charge in [0.1, 0.15) is 42.1 Å². The van der Waals surface area contributed by atoms with Crippen LogP contribution in [0, 0.1) is 23.7 Å². The summed E-state index contributed by atoms with van der Waals surface area (Å²) >= 11 is 0. The second kappa shape index (κ2) is 29.4. The molecule has 428 valence electrons. The van der Waals surface area contributed by atoms with Crippen LogP contribution in [-0.2, 0) is 38.4 Å². The zero-order chi connectivity index (χ0) is 56.7. The average molecular weight is 1080 g/mol. The number of aromatic hydroxyl groups is 1. The highest BCUT2D eigenvalue weighted by Crippen LogP contribution is 2.31. The Hall–Kier alpha value is -5.34. The molecule has 4 rings (SSSR count). The van der Waals surface area contributed by atoms with Gasteiger partial charge in [0.15, 0.2) is 12.0 Å². The van der Waals surface area contributed by atoms with Crippen LogP contribution < -0.4 is 27.0 Å². The van der Waals surface area contributed by atoms with E-state index >= 15 is 0 Å². The number of amides is 7. The van der Waals surface area contributed by atoms with Gasteiger partial charge in [0.05, 0.1) is 48.9 Å². The number of fused-ring (bicyclic) bond motifs is 2. The molecule has 3 fully saturated rings. The first-order valence-corrected chi connectivity index (χ1v) is 26.6. The lowest BCUT2D eigenvalue weighted by Gasteiger charge is -2.34. The first-order chi connectivity index (χ1) is 35.7. The minimum absolute atomic E-state index is 0.0743. The van der Waals surface area contributed by atoms with Crippen molar-refractivity contribution in [3.8, 4) is 5.75 Å². The number of hydrogen-bond acceptors (Lipinski definition) is 17. The van der Waals surface area contributed by atoms with E-state index in [1.165, 1.54) is 25.5 Å². The van der Waals surface area contributed by atoms with E-state index in [2.05, 4.69) is 42.0 Å². The van der Waals surface area contributed by atoms with E-state index in [-0.39, 0.29) is 17.7 Å². The van der Waals surface area contributed by atoms with Crippen LogP contribution in [0.2, 0.25) is 0 Å². The highest BCUT2D eigenvalue weighted by Gasteiger charge is 2.50. The van der Waals surface area contributed by atoms with Crippen LogP contribution in [0.15, 0.2) is 24.3 Å². The molecule has 24 nitrogen and oxygen atoms in total. The van der Waals surface area contributed by atoms with Crippen LogP contribution in [0.25, 0.3) is 0 Å². The van der Waals surface area contributed by atoms with E-state index in [1.54, 1.807) is 0 Å². The van der Waals surface area contributed by atoms with Crippen molar-refractivity contribution in [2.24, 2.45) is 29.4 Å². The molecule has 15 N–H and O–H groups in total. The topological polar surface area (TPSA) is 399 Å². The van der Waals surface area contributed by atoms with Crippen molar-refractivity contribution < 1.29 is 84.3 Å². The number of unbranched alkanes of at least 4 members (excludes halogenated alkanes) is 5. The fourth-order valence-electron chi connectivity index (χ4n) is 10.3. The summed E-state index contributed by atoms with van der Waals surface area (Å²) < 4.78 is 0. The fourth-order valence-corrected chi connectivity index (χ4v) is 10.3. The molecule has 3 heterocycles. The number of primary amides is 1. The number of phenolic OH excluding ortho intramolecular Hbond substituents is 1. The lowest BCUT2D eigenvalue weighted by Crippen LogP contribution is -2.61. The van der Waals surface area contributed by atoms with Gasteiger partial charge in [-0.2, -0.15) is 0 Å². The maximum atomic E-state index is 14.5. The highest BCUT2D eigenvalue weighted by molar-refractivity contribution is 5.98. The van der Waals surface area contributed by atoms with E-state index in [1.807, 2.05) is 0 Å². The van der Waals surface area contributed by atoms with Crippen LogP contribution in [0.5, 0.6) is 5.75 Å². The number of nitrogens with one attached hydrogen (secondary N) is 4. The number of rotatable bonds is 20. The number of carbonyl (C=O) groups is 8. The van der Waals surface area contributed by atoms with Crippen molar-refractivity contribution in [1.82, 2.24) is 31.1 Å². The minimum Gasteiger partial charge on any atom is -0.508 e. The molecular formula is C52H83N7O17. The first-order valence-electron chi connectivity index (χ1n) is 26.6. The molecular weight excluding hydrogens is 995 g/mol. The Morgan fingerprint density at radius 3 is 1.99 bits per heavy atom. The molecule has 0 radical (unpaired) electrons. The van der Waals surface area contributed by atoms with Crippen molar-refractivity contribution in [1.29, 1.82) is 0 Å². The monoisotopic (exact) mass is 1080 g/mol. The summed E-state index contributed by atoms with van der Waals surface area (Å²) in [5.41, 5.74) is 5.28. The number of benzene rings is 1. The summed E-state index contributed by atoms with van der Waals surface area (Å²) in [4.78, 5) is 113. The summed E-state index contributed by atoms with van der Waals surface area (Å²) in [6, 6.07) is -4.77. The zero-order valence-electron chi connectivity index (χ0n) is 44.2. The lowest BCUT2D eigenvalue weighted by atomic mass is 9.86. The summed E-state index contributed by atoms with van der Waals surface area (Å²) in [7, 11) is 0. The second-order valence-corrected chi connectivity index (χ2v) is 21.4. The van der Waals surface area contributed by atoms with Crippen molar-refractivity contribution in [3.63, 3.8) is 0 Å². The summed E-state index contributed by atoms with van der Waals surface area (Å²) in [6.07, 6.45) is -10.6. The predicted octanol–water partition coefficient (Wildman–Crippen LogP) is -2.00. The average Bonchev–Trinajstić information content (AvgIpc) is 3.90. The van der Waals surface area contributed by atoms with Crippen LogP contribution in [-0.4, -0.2) is 189 Å². The van der Waals surface area contributed by atoms with Crippen molar-refractivity contribution >= 4 is 47.1 Å². The summed E-state index contributed by atoms with van der Waals surface area (Å²) in [5.74, 6) is -11.1. The van der Waals surface area contributed by atoms with E-state index in [0.29, 0.717) is 24.7 Å². The molecule has 1 aromatic carbocycles. The van der Waals surface area contributed by atoms with E-state index < -0.39 is 177 Å². The second-order valence-electron chi connectivity index (χ2n) is 21.4. The molecule has 76 heavy (non-hydrogen) atoms. The quantitative estimate of drug-likeness (QED) is 0.0628. The van der Waals surface area contributed by atoms with Crippen LogP contribution in [0.1, 0.15) is 136 Å². The van der Waals surface area contributed by atoms with Gasteiger partial charge in [-0.25, -0.2) is 0 Å². The Morgan fingerprint density at radius 1 is 0.763 bits per heavy atom. The predicted molar refractivity (Wildman–Crippen MR) is 271 cm³/mol. The molecule has 24 heteroatoms. The van der Waals surface area contributed by atoms with Crippen LogP contribution >= 0.6 is 0 Å². The van der Waals surface area contributed by atoms with Crippen molar-refractivity contribution in [3.05, 3.63) is 29.8 Å². The van der Waals surface area contributed by atoms with Gasteiger partial charge in [-0.15, -0.1) is 0 Å². The SMILES string of the molecule is CCC(C)CC(C)CCCCCCCCC(=O)NC1CC(O)C(O)NC(=O)C2C(O)[C@@H](C)CN2C(=O)C(C(O)CC(N)=O)NC(=O)C(C(O)C(O)c2ccc(O)cc2)CC(=O)C2CC(O)CN2C(=O)C(C(C)O)NC1=O. The summed E-state index contributed by atoms with van der Waals surface area (Å²) in [5, 5.41) is 109. The molecule has 0 spiro atoms. The number of Topliss-reactive ketones (excluding diaryl/α,β-unsaturated/α-hetero) is 1. The molecule has 3 saturated heterocycles. The normalized spacial score (nSPS) is 29.9. The third kappa shape index (κ3) is 17.6. The van der Waals surface area contributed by atoms with E-state index in [0.717, 1.165) is 67.4 Å². The van der Waals surface area contributed by atoms with Gasteiger partial charge in [0, 0.05) is 44.7 Å². The third-order valence-electron chi connectivity index (χ3n) is 15.0. The van der Waals surface area contributed by atoms with Crippen LogP contribution in [0.3, 0.4) is 0 Å². The Balaban J connectivity index is 1.71. The number of nitrogens with two attached hydrogens (primary N) is 1. The molecule has 16 unspecified atom stereocenters. The molecule has 17 atom stereocenters. The molecule has 0 aliphatic carbocycles. The molecule has 0 bridgehead atoms. The molecule has 0 saturated carbocycles. The van der Waals surface area contributed by atoms with Crippen molar-refractivity contribution in [2.75, 3.05) is 13.1 Å². The van der Waals surface area contributed by atoms with Gasteiger partial charge in [0.25, 0.3) is 0 Å². The maximum Gasteiger partial charge on any atom is 0.248 e. The fraction of sp³-hybridized carbons (Fsp3) is 0.731. The Labute approximate surface area is 443 Å². The Kier molecular flexibility index (Phi) is 24.5. The van der Waals surface area contributed by atoms with Gasteiger partial charge in [-0.1, -0.05) is 84.8 Å². The number of phenols is 1. The smallest absolute Gasteiger partial charge is 0.248 e. The zero-order valence-corrected chi connectivity index (χ0v) is 44.2. The number of ketones is 1. The summed E-state index contributed by atoms with van der Waals surface area (Å²) in [6.45, 7) is 8.25. The first kappa shape index (κ1) is 63.2.